The van der Waals surface area contributed by atoms with Crippen LogP contribution in [0.4, 0.5) is 11.4 Å². The van der Waals surface area contributed by atoms with Crippen molar-refractivity contribution in [3.05, 3.63) is 33.9 Å². The Bertz CT molecular complexity index is 511. The van der Waals surface area contributed by atoms with Crippen LogP contribution < -0.4 is 5.32 Å². The van der Waals surface area contributed by atoms with Crippen LogP contribution in [-0.2, 0) is 4.79 Å². The van der Waals surface area contributed by atoms with Crippen molar-refractivity contribution in [1.82, 2.24) is 0 Å². The fourth-order valence-corrected chi connectivity index (χ4v) is 2.14. The third-order valence-electron chi connectivity index (χ3n) is 3.28. The van der Waals surface area contributed by atoms with E-state index in [9.17, 15) is 14.9 Å². The molecule has 1 aromatic rings. The number of aryl methyl sites for hydroxylation is 1. The van der Waals surface area contributed by atoms with Crippen LogP contribution in [0, 0.1) is 23.0 Å². The molecule has 0 spiro atoms. The number of carboxylic acids is 1. The highest BCUT2D eigenvalue weighted by Crippen LogP contribution is 2.37. The Morgan fingerprint density at radius 2 is 2.26 bits per heavy atom. The number of hydrogen-bond acceptors (Lipinski definition) is 4. The first-order valence-corrected chi connectivity index (χ1v) is 6.20. The highest BCUT2D eigenvalue weighted by atomic mass is 16.6. The number of aliphatic carboxylic acids is 1. The van der Waals surface area contributed by atoms with Crippen molar-refractivity contribution in [2.45, 2.75) is 32.2 Å². The van der Waals surface area contributed by atoms with Crippen LogP contribution in [0.2, 0.25) is 0 Å². The quantitative estimate of drug-likeness (QED) is 0.608. The first-order chi connectivity index (χ1) is 8.97. The minimum atomic E-state index is -0.890. The number of nitrogens with one attached hydrogen (secondary N) is 1. The molecule has 0 radical (unpaired) electrons. The molecule has 1 aliphatic carbocycles. The summed E-state index contributed by atoms with van der Waals surface area (Å²) in [6.07, 6.45) is 1.94. The number of carbonyl (C=O) groups is 1. The van der Waals surface area contributed by atoms with Crippen molar-refractivity contribution in [2.24, 2.45) is 5.92 Å². The molecular formula is C13H16N2O4. The number of nitrogens with zero attached hydrogens (tertiary/aromatic N) is 1. The number of hydrogen-bond donors (Lipinski definition) is 2. The van der Waals surface area contributed by atoms with E-state index in [0.717, 1.165) is 18.4 Å². The predicted molar refractivity (Wildman–Crippen MR) is 70.2 cm³/mol. The van der Waals surface area contributed by atoms with Gasteiger partial charge >= 0.3 is 5.97 Å². The molecule has 102 valence electrons. The Labute approximate surface area is 110 Å². The lowest BCUT2D eigenvalue weighted by Crippen LogP contribution is -2.25. The Hall–Kier alpha value is -2.11. The van der Waals surface area contributed by atoms with Crippen molar-refractivity contribution < 1.29 is 14.8 Å². The number of anilines is 1. The summed E-state index contributed by atoms with van der Waals surface area (Å²) in [5, 5.41) is 22.9. The molecule has 0 heterocycles. The SMILES string of the molecule is Cc1ccc(NC(CC(=O)O)C2CC2)c([N+](=O)[O-])c1. The molecule has 2 N–H and O–H groups in total. The fraction of sp³-hybridized carbons (Fsp3) is 0.462. The van der Waals surface area contributed by atoms with Gasteiger partial charge in [0.05, 0.1) is 11.3 Å². The molecule has 1 fully saturated rings. The highest BCUT2D eigenvalue weighted by molar-refractivity contribution is 5.70. The van der Waals surface area contributed by atoms with Crippen molar-refractivity contribution >= 4 is 17.3 Å². The summed E-state index contributed by atoms with van der Waals surface area (Å²) in [6.45, 7) is 1.78. The summed E-state index contributed by atoms with van der Waals surface area (Å²) in [4.78, 5) is 21.4. The molecule has 0 aromatic heterocycles. The number of rotatable bonds is 6. The summed E-state index contributed by atoms with van der Waals surface area (Å²) in [5.41, 5.74) is 1.20. The summed E-state index contributed by atoms with van der Waals surface area (Å²) in [6, 6.07) is 4.68. The number of nitro groups is 1. The molecule has 0 aliphatic heterocycles. The minimum absolute atomic E-state index is 0.00367. The van der Waals surface area contributed by atoms with Crippen LogP contribution in [0.15, 0.2) is 18.2 Å². The van der Waals surface area contributed by atoms with Gasteiger partial charge in [0.15, 0.2) is 0 Å². The average molecular weight is 264 g/mol. The fourth-order valence-electron chi connectivity index (χ4n) is 2.14. The standard InChI is InChI=1S/C13H16N2O4/c1-8-2-5-10(12(6-8)15(18)19)14-11(7-13(16)17)9-3-4-9/h2,5-6,9,11,14H,3-4,7H2,1H3,(H,16,17). The largest absolute Gasteiger partial charge is 0.481 e. The van der Waals surface area contributed by atoms with E-state index in [2.05, 4.69) is 5.32 Å². The Balaban J connectivity index is 2.20. The molecule has 0 saturated heterocycles. The van der Waals surface area contributed by atoms with Gasteiger partial charge < -0.3 is 10.4 Å². The van der Waals surface area contributed by atoms with E-state index in [4.69, 9.17) is 5.11 Å². The monoisotopic (exact) mass is 264 g/mol. The predicted octanol–water partition coefficient (Wildman–Crippen LogP) is 2.57. The van der Waals surface area contributed by atoms with Crippen molar-refractivity contribution in [3.63, 3.8) is 0 Å². The van der Waals surface area contributed by atoms with Crippen LogP contribution in [0.25, 0.3) is 0 Å². The van der Waals surface area contributed by atoms with Gasteiger partial charge in [-0.1, -0.05) is 6.07 Å². The van der Waals surface area contributed by atoms with Gasteiger partial charge in [0.2, 0.25) is 0 Å². The smallest absolute Gasteiger partial charge is 0.305 e. The topological polar surface area (TPSA) is 92.5 Å². The summed E-state index contributed by atoms with van der Waals surface area (Å²) < 4.78 is 0. The Morgan fingerprint density at radius 1 is 1.58 bits per heavy atom. The summed E-state index contributed by atoms with van der Waals surface area (Å²) >= 11 is 0. The van der Waals surface area contributed by atoms with Crippen molar-refractivity contribution in [1.29, 1.82) is 0 Å². The Kier molecular flexibility index (Phi) is 3.69. The molecule has 6 heteroatoms. The van der Waals surface area contributed by atoms with Gasteiger partial charge in [-0.15, -0.1) is 0 Å². The lowest BCUT2D eigenvalue weighted by Gasteiger charge is -2.17. The zero-order chi connectivity index (χ0) is 14.0. The lowest BCUT2D eigenvalue weighted by atomic mass is 10.1. The minimum Gasteiger partial charge on any atom is -0.481 e. The second-order valence-corrected chi connectivity index (χ2v) is 4.96. The normalized spacial score (nSPS) is 15.8. The van der Waals surface area contributed by atoms with Crippen molar-refractivity contribution in [2.75, 3.05) is 5.32 Å². The second-order valence-electron chi connectivity index (χ2n) is 4.96. The van der Waals surface area contributed by atoms with E-state index in [0.29, 0.717) is 11.6 Å². The zero-order valence-electron chi connectivity index (χ0n) is 10.6. The first-order valence-electron chi connectivity index (χ1n) is 6.20. The van der Waals surface area contributed by atoms with Crippen LogP contribution >= 0.6 is 0 Å². The molecule has 1 unspecified atom stereocenters. The van der Waals surface area contributed by atoms with Crippen molar-refractivity contribution in [3.8, 4) is 0 Å². The van der Waals surface area contributed by atoms with E-state index < -0.39 is 10.9 Å². The molecule has 6 nitrogen and oxygen atoms in total. The van der Waals surface area contributed by atoms with Gasteiger partial charge in [-0.3, -0.25) is 14.9 Å². The maximum atomic E-state index is 11.0. The lowest BCUT2D eigenvalue weighted by molar-refractivity contribution is -0.384. The van der Waals surface area contributed by atoms with Gasteiger partial charge in [0.1, 0.15) is 5.69 Å². The summed E-state index contributed by atoms with van der Waals surface area (Å²) in [7, 11) is 0. The maximum absolute atomic E-state index is 11.0. The summed E-state index contributed by atoms with van der Waals surface area (Å²) in [5.74, 6) is -0.587. The third-order valence-corrected chi connectivity index (χ3v) is 3.28. The van der Waals surface area contributed by atoms with Crippen LogP contribution in [0.5, 0.6) is 0 Å². The van der Waals surface area contributed by atoms with Crippen LogP contribution in [0.1, 0.15) is 24.8 Å². The average Bonchev–Trinajstić information content (AvgIpc) is 3.13. The maximum Gasteiger partial charge on any atom is 0.305 e. The van der Waals surface area contributed by atoms with Crippen LogP contribution in [-0.4, -0.2) is 22.0 Å². The molecule has 1 aliphatic rings. The molecule has 1 atom stereocenters. The van der Waals surface area contributed by atoms with Gasteiger partial charge in [0.25, 0.3) is 5.69 Å². The molecule has 2 rings (SSSR count). The number of nitro benzene ring substituents is 1. The van der Waals surface area contributed by atoms with Gasteiger partial charge in [-0.05, 0) is 37.3 Å². The molecule has 0 amide bonds. The third kappa shape index (κ3) is 3.43. The van der Waals surface area contributed by atoms with E-state index in [1.54, 1.807) is 19.1 Å². The highest BCUT2D eigenvalue weighted by Gasteiger charge is 2.33. The van der Waals surface area contributed by atoms with E-state index in [1.807, 2.05) is 0 Å². The molecular weight excluding hydrogens is 248 g/mol. The number of carboxylic acid groups (broad SMARTS) is 1. The van der Waals surface area contributed by atoms with Gasteiger partial charge in [-0.2, -0.15) is 0 Å². The van der Waals surface area contributed by atoms with Gasteiger partial charge in [0, 0.05) is 12.1 Å². The van der Waals surface area contributed by atoms with E-state index >= 15 is 0 Å². The van der Waals surface area contributed by atoms with Gasteiger partial charge in [-0.25, -0.2) is 0 Å². The van der Waals surface area contributed by atoms with E-state index in [1.165, 1.54) is 6.07 Å². The van der Waals surface area contributed by atoms with Crippen LogP contribution in [0.3, 0.4) is 0 Å². The van der Waals surface area contributed by atoms with E-state index in [-0.39, 0.29) is 18.2 Å². The molecule has 1 aromatic carbocycles. The molecule has 19 heavy (non-hydrogen) atoms. The second kappa shape index (κ2) is 5.26. The zero-order valence-corrected chi connectivity index (χ0v) is 10.6. The molecule has 0 bridgehead atoms. The molecule has 1 saturated carbocycles. The first kappa shape index (κ1) is 13.3. The Morgan fingerprint density at radius 3 is 2.79 bits per heavy atom. The number of benzene rings is 1.